The van der Waals surface area contributed by atoms with E-state index in [4.69, 9.17) is 4.55 Å². The Kier molecular flexibility index (Phi) is 4.44. The highest BCUT2D eigenvalue weighted by atomic mass is 79.9. The van der Waals surface area contributed by atoms with Gasteiger partial charge in [-0.05, 0) is 5.56 Å². The van der Waals surface area contributed by atoms with E-state index in [-0.39, 0.29) is 16.9 Å². The molecular weight excluding hydrogens is 268 g/mol. The summed E-state index contributed by atoms with van der Waals surface area (Å²) in [5.74, 6) is 0.102. The van der Waals surface area contributed by atoms with Crippen LogP contribution >= 0.6 is 15.9 Å². The predicted molar refractivity (Wildman–Crippen MR) is 59.0 cm³/mol. The van der Waals surface area contributed by atoms with Gasteiger partial charge in [-0.3, -0.25) is 4.79 Å². The molecule has 0 spiro atoms. The zero-order valence-corrected chi connectivity index (χ0v) is 9.68. The van der Waals surface area contributed by atoms with Gasteiger partial charge >= 0.3 is 0 Å². The lowest BCUT2D eigenvalue weighted by molar-refractivity contribution is 0.102. The van der Waals surface area contributed by atoms with Gasteiger partial charge in [-0.25, -0.2) is 4.21 Å². The summed E-state index contributed by atoms with van der Waals surface area (Å²) in [5.41, 5.74) is 1.35. The maximum absolute atomic E-state index is 11.2. The first-order chi connectivity index (χ1) is 6.63. The van der Waals surface area contributed by atoms with Crippen molar-refractivity contribution in [3.05, 3.63) is 35.4 Å². The SMILES string of the molecule is O=C(CBr)c1ccc(CS(=O)O)cc1. The molecule has 0 aromatic heterocycles. The molecule has 0 radical (unpaired) electrons. The molecule has 1 aromatic carbocycles. The molecule has 0 aliphatic heterocycles. The Balaban J connectivity index is 2.78. The van der Waals surface area contributed by atoms with Crippen LogP contribution in [0.2, 0.25) is 0 Å². The van der Waals surface area contributed by atoms with Crippen LogP contribution in [0, 0.1) is 0 Å². The van der Waals surface area contributed by atoms with E-state index in [1.807, 2.05) is 0 Å². The minimum atomic E-state index is -1.83. The Labute approximate surface area is 92.9 Å². The molecule has 76 valence electrons. The van der Waals surface area contributed by atoms with Crippen molar-refractivity contribution in [2.45, 2.75) is 5.75 Å². The summed E-state index contributed by atoms with van der Waals surface area (Å²) in [6, 6.07) is 6.69. The van der Waals surface area contributed by atoms with E-state index in [1.54, 1.807) is 24.3 Å². The second-order valence-corrected chi connectivity index (χ2v) is 4.21. The summed E-state index contributed by atoms with van der Waals surface area (Å²) >= 11 is 1.24. The highest BCUT2D eigenvalue weighted by molar-refractivity contribution is 9.09. The Bertz CT molecular complexity index is 348. The van der Waals surface area contributed by atoms with Crippen molar-refractivity contribution >= 4 is 32.8 Å². The smallest absolute Gasteiger partial charge is 0.173 e. The largest absolute Gasteiger partial charge is 0.306 e. The van der Waals surface area contributed by atoms with E-state index in [2.05, 4.69) is 15.9 Å². The van der Waals surface area contributed by atoms with Crippen LogP contribution in [-0.4, -0.2) is 19.9 Å². The molecule has 3 nitrogen and oxygen atoms in total. The van der Waals surface area contributed by atoms with Crippen molar-refractivity contribution in [3.8, 4) is 0 Å². The van der Waals surface area contributed by atoms with Crippen LogP contribution in [0.4, 0.5) is 0 Å². The van der Waals surface area contributed by atoms with Gasteiger partial charge in [0.15, 0.2) is 16.9 Å². The van der Waals surface area contributed by atoms with Crippen molar-refractivity contribution < 1.29 is 13.6 Å². The highest BCUT2D eigenvalue weighted by Gasteiger charge is 2.03. The molecule has 1 N–H and O–H groups in total. The number of ketones is 1. The first-order valence-electron chi connectivity index (χ1n) is 3.89. The Morgan fingerprint density at radius 3 is 2.36 bits per heavy atom. The van der Waals surface area contributed by atoms with Crippen molar-refractivity contribution in [1.82, 2.24) is 0 Å². The number of alkyl halides is 1. The minimum Gasteiger partial charge on any atom is -0.306 e. The van der Waals surface area contributed by atoms with E-state index in [9.17, 15) is 9.00 Å². The number of hydrogen-bond acceptors (Lipinski definition) is 2. The van der Waals surface area contributed by atoms with Gasteiger partial charge in [0.25, 0.3) is 0 Å². The normalized spacial score (nSPS) is 12.4. The zero-order valence-electron chi connectivity index (χ0n) is 7.27. The highest BCUT2D eigenvalue weighted by Crippen LogP contribution is 2.07. The number of hydrogen-bond donors (Lipinski definition) is 1. The van der Waals surface area contributed by atoms with E-state index in [1.165, 1.54) is 0 Å². The van der Waals surface area contributed by atoms with Crippen molar-refractivity contribution in [2.24, 2.45) is 0 Å². The molecule has 1 rings (SSSR count). The first-order valence-corrected chi connectivity index (χ1v) is 6.29. The van der Waals surface area contributed by atoms with E-state index in [0.29, 0.717) is 5.56 Å². The maximum Gasteiger partial charge on any atom is 0.173 e. The number of carbonyl (C=O) groups excluding carboxylic acids is 1. The van der Waals surface area contributed by atoms with Gasteiger partial charge in [0.05, 0.1) is 11.1 Å². The molecule has 0 heterocycles. The summed E-state index contributed by atoms with van der Waals surface area (Å²) < 4.78 is 19.1. The molecule has 0 aliphatic rings. The van der Waals surface area contributed by atoms with E-state index >= 15 is 0 Å². The topological polar surface area (TPSA) is 54.4 Å². The Hall–Kier alpha value is -0.520. The average molecular weight is 277 g/mol. The van der Waals surface area contributed by atoms with Crippen LogP contribution in [0.1, 0.15) is 15.9 Å². The fourth-order valence-corrected chi connectivity index (χ4v) is 1.81. The monoisotopic (exact) mass is 276 g/mol. The second kappa shape index (κ2) is 5.38. The lowest BCUT2D eigenvalue weighted by atomic mass is 10.1. The lowest BCUT2D eigenvalue weighted by Gasteiger charge is -1.99. The third kappa shape index (κ3) is 3.32. The zero-order chi connectivity index (χ0) is 10.6. The second-order valence-electron chi connectivity index (χ2n) is 2.72. The van der Waals surface area contributed by atoms with Crippen molar-refractivity contribution in [3.63, 3.8) is 0 Å². The number of Topliss-reactive ketones (excluding diaryl/α,β-unsaturated/α-hetero) is 1. The van der Waals surface area contributed by atoms with E-state index < -0.39 is 11.1 Å². The molecule has 0 fully saturated rings. The van der Waals surface area contributed by atoms with Crippen LogP contribution in [0.3, 0.4) is 0 Å². The summed E-state index contributed by atoms with van der Waals surface area (Å²) in [4.78, 5) is 11.2. The van der Waals surface area contributed by atoms with Gasteiger partial charge in [0.2, 0.25) is 0 Å². The molecule has 1 atom stereocenters. The first kappa shape index (κ1) is 11.6. The number of benzene rings is 1. The van der Waals surface area contributed by atoms with Crippen LogP contribution in [0.5, 0.6) is 0 Å². The van der Waals surface area contributed by atoms with Gasteiger partial charge in [0.1, 0.15) is 0 Å². The molecule has 0 saturated carbocycles. The molecule has 0 amide bonds. The average Bonchev–Trinajstić information content (AvgIpc) is 2.17. The maximum atomic E-state index is 11.2. The van der Waals surface area contributed by atoms with Crippen molar-refractivity contribution in [2.75, 3.05) is 5.33 Å². The van der Waals surface area contributed by atoms with E-state index in [0.717, 1.165) is 5.56 Å². The lowest BCUT2D eigenvalue weighted by Crippen LogP contribution is -2.00. The summed E-state index contributed by atoms with van der Waals surface area (Å²) in [5, 5.41) is 0.290. The van der Waals surface area contributed by atoms with Crippen LogP contribution < -0.4 is 0 Å². The Morgan fingerprint density at radius 1 is 1.36 bits per heavy atom. The standard InChI is InChI=1S/C9H9BrO3S/c10-5-9(11)8-3-1-7(2-4-8)6-14(12)13/h1-4H,5-6H2,(H,12,13). The van der Waals surface area contributed by atoms with Gasteiger partial charge in [-0.1, -0.05) is 40.2 Å². The number of halogens is 1. The molecule has 0 aliphatic carbocycles. The summed E-state index contributed by atoms with van der Waals surface area (Å²) in [6.07, 6.45) is 0. The van der Waals surface area contributed by atoms with Gasteiger partial charge in [-0.2, -0.15) is 0 Å². The van der Waals surface area contributed by atoms with Crippen LogP contribution in [0.15, 0.2) is 24.3 Å². The number of carbonyl (C=O) groups is 1. The third-order valence-electron chi connectivity index (χ3n) is 1.69. The molecular formula is C9H9BrO3S. The molecule has 14 heavy (non-hydrogen) atoms. The fraction of sp³-hybridized carbons (Fsp3) is 0.222. The molecule has 0 saturated heterocycles. The summed E-state index contributed by atoms with van der Waals surface area (Å²) in [7, 11) is 0. The quantitative estimate of drug-likeness (QED) is 0.520. The molecule has 0 bridgehead atoms. The van der Waals surface area contributed by atoms with Crippen LogP contribution in [0.25, 0.3) is 0 Å². The van der Waals surface area contributed by atoms with Gasteiger partial charge in [-0.15, -0.1) is 0 Å². The predicted octanol–water partition coefficient (Wildman–Crippen LogP) is 1.99. The molecule has 5 heteroatoms. The van der Waals surface area contributed by atoms with Crippen LogP contribution in [-0.2, 0) is 16.8 Å². The van der Waals surface area contributed by atoms with Gasteiger partial charge < -0.3 is 4.55 Å². The Morgan fingerprint density at radius 2 is 1.93 bits per heavy atom. The third-order valence-corrected chi connectivity index (χ3v) is 2.78. The minimum absolute atomic E-state index is 0.00155. The molecule has 1 aromatic rings. The summed E-state index contributed by atoms with van der Waals surface area (Å²) in [6.45, 7) is 0. The fourth-order valence-electron chi connectivity index (χ4n) is 1.01. The number of rotatable bonds is 4. The molecule has 1 unspecified atom stereocenters. The van der Waals surface area contributed by atoms with Gasteiger partial charge in [0, 0.05) is 5.56 Å². The van der Waals surface area contributed by atoms with Crippen molar-refractivity contribution in [1.29, 1.82) is 0 Å².